The molecule has 3 aromatic rings. The van der Waals surface area contributed by atoms with E-state index in [0.29, 0.717) is 26.4 Å². The molecule has 0 saturated carbocycles. The summed E-state index contributed by atoms with van der Waals surface area (Å²) in [6, 6.07) is 8.69. The van der Waals surface area contributed by atoms with E-state index in [2.05, 4.69) is 48.3 Å². The van der Waals surface area contributed by atoms with Gasteiger partial charge in [0.2, 0.25) is 5.96 Å². The zero-order chi connectivity index (χ0) is 30.3. The highest BCUT2D eigenvalue weighted by Gasteiger charge is 2.55. The highest BCUT2D eigenvalue weighted by Crippen LogP contribution is 2.43. The summed E-state index contributed by atoms with van der Waals surface area (Å²) in [4.78, 5) is 37.1. The van der Waals surface area contributed by atoms with E-state index in [9.17, 15) is 9.59 Å². The minimum Gasteiger partial charge on any atom is -0.442 e. The quantitative estimate of drug-likeness (QED) is 0.310. The van der Waals surface area contributed by atoms with E-state index in [0.717, 1.165) is 0 Å². The van der Waals surface area contributed by atoms with E-state index in [1.807, 2.05) is 20.8 Å². The van der Waals surface area contributed by atoms with Gasteiger partial charge in [0.25, 0.3) is 5.91 Å². The molecule has 2 amide bonds. The van der Waals surface area contributed by atoms with Gasteiger partial charge in [-0.2, -0.15) is 5.10 Å². The molecule has 1 aromatic heterocycles. The average molecular weight is 647 g/mol. The molecule has 1 fully saturated rings. The van der Waals surface area contributed by atoms with Crippen LogP contribution < -0.4 is 5.32 Å². The topological polar surface area (TPSA) is 113 Å². The van der Waals surface area contributed by atoms with Gasteiger partial charge in [-0.1, -0.05) is 60.4 Å². The standard InChI is InChI=1S/C29H32BrClFN6O3/c1-16(17-8-11-21(31)19(12-17)23-33-15-34-37-23)38-24(39)29(14-27(2,3)4,20-10-9-18(30)13-22(20)32)36-25(38)35-26(40)41-28(5,6)7/h8-13,15-16H,1,14H2,2-7H3,(H,33,34,37)(H,35,36,40)/t16-,29+/m0/s1. The van der Waals surface area contributed by atoms with Gasteiger partial charge >= 0.3 is 6.09 Å². The van der Waals surface area contributed by atoms with Crippen LogP contribution in [0.4, 0.5) is 9.18 Å². The molecular weight excluding hydrogens is 615 g/mol. The number of H-pyrrole nitrogens is 1. The molecule has 2 heterocycles. The normalized spacial score (nSPS) is 19.4. The summed E-state index contributed by atoms with van der Waals surface area (Å²) < 4.78 is 21.5. The van der Waals surface area contributed by atoms with Gasteiger partial charge in [-0.25, -0.2) is 14.2 Å². The van der Waals surface area contributed by atoms with Crippen molar-refractivity contribution >= 4 is 45.5 Å². The Labute approximate surface area is 252 Å². The number of hydrogen-bond donors (Lipinski definition) is 2. The Balaban J connectivity index is 1.89. The summed E-state index contributed by atoms with van der Waals surface area (Å²) in [5.74, 6) is -0.793. The van der Waals surface area contributed by atoms with Gasteiger partial charge in [-0.3, -0.25) is 14.8 Å². The lowest BCUT2D eigenvalue weighted by molar-refractivity contribution is -0.133. The largest absolute Gasteiger partial charge is 0.442 e. The van der Waals surface area contributed by atoms with Crippen molar-refractivity contribution in [1.82, 2.24) is 25.4 Å². The molecule has 1 aliphatic rings. The molecular formula is C29H32BrClFN6O3. The maximum Gasteiger partial charge on any atom is 0.437 e. The van der Waals surface area contributed by atoms with E-state index >= 15 is 4.39 Å². The van der Waals surface area contributed by atoms with Crippen molar-refractivity contribution in [3.63, 3.8) is 0 Å². The summed E-state index contributed by atoms with van der Waals surface area (Å²) in [6.07, 6.45) is 0.622. The van der Waals surface area contributed by atoms with E-state index in [4.69, 9.17) is 16.3 Å². The fourth-order valence-electron chi connectivity index (χ4n) is 4.79. The lowest BCUT2D eigenvalue weighted by atomic mass is 9.75. The van der Waals surface area contributed by atoms with E-state index < -0.39 is 40.4 Å². The first-order valence-electron chi connectivity index (χ1n) is 12.9. The van der Waals surface area contributed by atoms with Gasteiger partial charge in [0.15, 0.2) is 5.82 Å². The zero-order valence-corrected chi connectivity index (χ0v) is 26.0. The van der Waals surface area contributed by atoms with Crippen LogP contribution >= 0.6 is 27.5 Å². The van der Waals surface area contributed by atoms with Gasteiger partial charge in [-0.05, 0) is 69.4 Å². The maximum atomic E-state index is 15.6. The van der Waals surface area contributed by atoms with Crippen LogP contribution in [-0.2, 0) is 15.1 Å². The Morgan fingerprint density at radius 2 is 1.93 bits per heavy atom. The van der Waals surface area contributed by atoms with Gasteiger partial charge in [0, 0.05) is 15.6 Å². The maximum absolute atomic E-state index is 15.6. The van der Waals surface area contributed by atoms with E-state index in [1.54, 1.807) is 51.1 Å². The second-order valence-electron chi connectivity index (χ2n) is 12.1. The third-order valence-corrected chi connectivity index (χ3v) is 7.09. The van der Waals surface area contributed by atoms with Gasteiger partial charge in [0.05, 0.1) is 11.1 Å². The number of halogens is 3. The highest BCUT2D eigenvalue weighted by molar-refractivity contribution is 9.10. The number of benzene rings is 2. The van der Waals surface area contributed by atoms with E-state index in [1.165, 1.54) is 17.3 Å². The Morgan fingerprint density at radius 3 is 2.51 bits per heavy atom. The van der Waals surface area contributed by atoms with Crippen molar-refractivity contribution < 1.29 is 18.7 Å². The minimum atomic E-state index is -1.60. The number of aliphatic imine (C=N–C) groups is 1. The van der Waals surface area contributed by atoms with Crippen LogP contribution in [0.2, 0.25) is 5.02 Å². The SMILES string of the molecule is [CH2][C@@H](c1ccc(Cl)c(-c2ncn[nH]2)c1)N1C(=O)[C@@](CC(C)(C)C)(c2ccc(Br)cc2F)NC1=NC(=O)OC(C)(C)C. The van der Waals surface area contributed by atoms with Crippen LogP contribution in [0.5, 0.6) is 0 Å². The van der Waals surface area contributed by atoms with Crippen LogP contribution in [-0.4, -0.2) is 43.6 Å². The second-order valence-corrected chi connectivity index (χ2v) is 13.4. The Bertz CT molecular complexity index is 1500. The van der Waals surface area contributed by atoms with Crippen molar-refractivity contribution in [1.29, 1.82) is 0 Å². The predicted octanol–water partition coefficient (Wildman–Crippen LogP) is 6.96. The molecule has 0 spiro atoms. The monoisotopic (exact) mass is 645 g/mol. The average Bonchev–Trinajstić information content (AvgIpc) is 3.44. The molecule has 41 heavy (non-hydrogen) atoms. The highest BCUT2D eigenvalue weighted by atomic mass is 79.9. The number of rotatable bonds is 5. The number of aromatic nitrogens is 3. The summed E-state index contributed by atoms with van der Waals surface area (Å²) in [5, 5.41) is 10.2. The number of carbonyl (C=O) groups is 2. The lowest BCUT2D eigenvalue weighted by Crippen LogP contribution is -2.47. The lowest BCUT2D eigenvalue weighted by Gasteiger charge is -2.34. The van der Waals surface area contributed by atoms with Crippen molar-refractivity contribution in [3.8, 4) is 11.4 Å². The summed E-state index contributed by atoms with van der Waals surface area (Å²) >= 11 is 9.73. The molecule has 0 unspecified atom stereocenters. The first kappa shape index (κ1) is 30.6. The third-order valence-electron chi connectivity index (χ3n) is 6.27. The van der Waals surface area contributed by atoms with Crippen molar-refractivity contribution in [2.45, 2.75) is 65.1 Å². The zero-order valence-electron chi connectivity index (χ0n) is 23.7. The third kappa shape index (κ3) is 6.62. The molecule has 2 N–H and O–H groups in total. The molecule has 1 radical (unpaired) electrons. The minimum absolute atomic E-state index is 0.105. The first-order valence-corrected chi connectivity index (χ1v) is 14.1. The number of ether oxygens (including phenoxy) is 1. The van der Waals surface area contributed by atoms with Crippen LogP contribution in [0.15, 0.2) is 52.2 Å². The van der Waals surface area contributed by atoms with E-state index in [-0.39, 0.29) is 17.9 Å². The fourth-order valence-corrected chi connectivity index (χ4v) is 5.33. The van der Waals surface area contributed by atoms with Crippen LogP contribution in [0.3, 0.4) is 0 Å². The fraction of sp³-hybridized carbons (Fsp3) is 0.379. The summed E-state index contributed by atoms with van der Waals surface area (Å²) in [5.41, 5.74) is -1.66. The van der Waals surface area contributed by atoms with Crippen LogP contribution in [0.1, 0.15) is 65.1 Å². The number of amides is 2. The van der Waals surface area contributed by atoms with Crippen LogP contribution in [0.25, 0.3) is 11.4 Å². The molecule has 0 aliphatic carbocycles. The molecule has 12 heteroatoms. The van der Waals surface area contributed by atoms with Gasteiger partial charge < -0.3 is 10.1 Å². The number of nitrogens with one attached hydrogen (secondary N) is 2. The molecule has 2 aromatic carbocycles. The van der Waals surface area contributed by atoms with Crippen molar-refractivity contribution in [3.05, 3.63) is 76.1 Å². The Morgan fingerprint density at radius 1 is 1.22 bits per heavy atom. The van der Waals surface area contributed by atoms with Crippen molar-refractivity contribution in [2.75, 3.05) is 0 Å². The second kappa shape index (κ2) is 11.2. The molecule has 1 saturated heterocycles. The number of nitrogens with zero attached hydrogens (tertiary/aromatic N) is 4. The molecule has 217 valence electrons. The van der Waals surface area contributed by atoms with Gasteiger partial charge in [0.1, 0.15) is 23.3 Å². The molecule has 4 rings (SSSR count). The molecule has 0 bridgehead atoms. The predicted molar refractivity (Wildman–Crippen MR) is 158 cm³/mol. The number of aromatic amines is 1. The molecule has 9 nitrogen and oxygen atoms in total. The number of hydrogen-bond acceptors (Lipinski definition) is 5. The summed E-state index contributed by atoms with van der Waals surface area (Å²) in [6.45, 7) is 15.2. The number of carbonyl (C=O) groups excluding carboxylic acids is 2. The summed E-state index contributed by atoms with van der Waals surface area (Å²) in [7, 11) is 0. The molecule has 2 atom stereocenters. The van der Waals surface area contributed by atoms with Crippen LogP contribution in [0, 0.1) is 18.2 Å². The Hall–Kier alpha value is -3.31. The van der Waals surface area contributed by atoms with Gasteiger partial charge in [-0.15, -0.1) is 4.99 Å². The molecule has 1 aliphatic heterocycles. The number of guanidine groups is 1. The van der Waals surface area contributed by atoms with Crippen molar-refractivity contribution in [2.24, 2.45) is 10.4 Å². The Kier molecular flexibility index (Phi) is 8.35. The first-order chi connectivity index (χ1) is 19.0. The smallest absolute Gasteiger partial charge is 0.437 e.